The highest BCUT2D eigenvalue weighted by molar-refractivity contribution is 7.14. The van der Waals surface area contributed by atoms with Crippen LogP contribution in [0.2, 0.25) is 0 Å². The summed E-state index contributed by atoms with van der Waals surface area (Å²) in [6.07, 6.45) is -0.672. The number of thiophene rings is 1. The molecular weight excluding hydrogens is 280 g/mol. The molecule has 0 radical (unpaired) electrons. The maximum absolute atomic E-state index is 12.4. The molecule has 1 aliphatic carbocycles. The van der Waals surface area contributed by atoms with Crippen LogP contribution in [0.5, 0.6) is 0 Å². The molecule has 0 aromatic carbocycles. The van der Waals surface area contributed by atoms with Crippen LogP contribution < -0.4 is 0 Å². The second-order valence-electron chi connectivity index (χ2n) is 6.47. The number of hydrogen-bond donors (Lipinski definition) is 0. The number of nitrogens with zero attached hydrogens (tertiary/aromatic N) is 1. The zero-order chi connectivity index (χ0) is 15.1. The van der Waals surface area contributed by atoms with Gasteiger partial charge in [0.05, 0.1) is 4.88 Å². The summed E-state index contributed by atoms with van der Waals surface area (Å²) < 4.78 is 24.8. The first-order valence-corrected chi connectivity index (χ1v) is 7.68. The summed E-state index contributed by atoms with van der Waals surface area (Å²) in [7, 11) is 1.60. The van der Waals surface area contributed by atoms with Gasteiger partial charge < -0.3 is 4.90 Å². The SMILES string of the molecule is CC(CC(F)F)N(C)C(=O)c1cc2c(s1)CC(C)(C)C2. The van der Waals surface area contributed by atoms with E-state index in [2.05, 4.69) is 13.8 Å². The molecule has 0 aliphatic heterocycles. The van der Waals surface area contributed by atoms with Crippen molar-refractivity contribution in [2.45, 2.75) is 52.5 Å². The summed E-state index contributed by atoms with van der Waals surface area (Å²) in [6, 6.07) is 1.50. The van der Waals surface area contributed by atoms with Gasteiger partial charge in [0.15, 0.2) is 0 Å². The Bertz CT molecular complexity index is 484. The molecule has 1 aromatic heterocycles. The van der Waals surface area contributed by atoms with Gasteiger partial charge in [-0.3, -0.25) is 4.79 Å². The second-order valence-corrected chi connectivity index (χ2v) is 7.61. The third-order valence-electron chi connectivity index (χ3n) is 3.92. The van der Waals surface area contributed by atoms with Gasteiger partial charge in [-0.25, -0.2) is 8.78 Å². The van der Waals surface area contributed by atoms with E-state index in [4.69, 9.17) is 0 Å². The summed E-state index contributed by atoms with van der Waals surface area (Å²) in [5.41, 5.74) is 1.52. The number of hydrogen-bond acceptors (Lipinski definition) is 2. The molecule has 0 saturated carbocycles. The Morgan fingerprint density at radius 3 is 2.65 bits per heavy atom. The van der Waals surface area contributed by atoms with Gasteiger partial charge in [0.25, 0.3) is 5.91 Å². The standard InChI is InChI=1S/C15H21F2NOS/c1-9(5-13(16)17)18(4)14(19)11-6-10-7-15(2,3)8-12(10)20-11/h6,9,13H,5,7-8H2,1-4H3. The number of rotatable bonds is 4. The van der Waals surface area contributed by atoms with Crippen molar-refractivity contribution in [3.05, 3.63) is 21.4 Å². The van der Waals surface area contributed by atoms with E-state index >= 15 is 0 Å². The van der Waals surface area contributed by atoms with Crippen LogP contribution in [0.4, 0.5) is 8.78 Å². The Labute approximate surface area is 122 Å². The van der Waals surface area contributed by atoms with Crippen molar-refractivity contribution in [1.82, 2.24) is 4.90 Å². The minimum Gasteiger partial charge on any atom is -0.338 e. The number of fused-ring (bicyclic) bond motifs is 1. The lowest BCUT2D eigenvalue weighted by molar-refractivity contribution is 0.0634. The second kappa shape index (κ2) is 5.43. The van der Waals surface area contributed by atoms with Gasteiger partial charge in [-0.1, -0.05) is 13.8 Å². The van der Waals surface area contributed by atoms with Gasteiger partial charge in [-0.15, -0.1) is 11.3 Å². The van der Waals surface area contributed by atoms with E-state index in [9.17, 15) is 13.6 Å². The fourth-order valence-electron chi connectivity index (χ4n) is 2.67. The molecule has 1 atom stereocenters. The largest absolute Gasteiger partial charge is 0.338 e. The van der Waals surface area contributed by atoms with Crippen molar-refractivity contribution in [1.29, 1.82) is 0 Å². The van der Waals surface area contributed by atoms with Crippen LogP contribution in [-0.4, -0.2) is 30.3 Å². The lowest BCUT2D eigenvalue weighted by atomic mass is 9.91. The molecule has 1 aromatic rings. The molecule has 2 nitrogen and oxygen atoms in total. The highest BCUT2D eigenvalue weighted by Gasteiger charge is 2.32. The fraction of sp³-hybridized carbons (Fsp3) is 0.667. The van der Waals surface area contributed by atoms with Crippen LogP contribution >= 0.6 is 11.3 Å². The van der Waals surface area contributed by atoms with E-state index in [0.29, 0.717) is 4.88 Å². The predicted molar refractivity (Wildman–Crippen MR) is 77.7 cm³/mol. The number of carbonyl (C=O) groups excluding carboxylic acids is 1. The molecule has 0 saturated heterocycles. The fourth-order valence-corrected chi connectivity index (χ4v) is 4.10. The van der Waals surface area contributed by atoms with Gasteiger partial charge in [0, 0.05) is 24.4 Å². The summed E-state index contributed by atoms with van der Waals surface area (Å²) in [4.78, 5) is 15.7. The van der Waals surface area contributed by atoms with Gasteiger partial charge in [0.1, 0.15) is 0 Å². The number of carbonyl (C=O) groups is 1. The van der Waals surface area contributed by atoms with Crippen LogP contribution in [0.3, 0.4) is 0 Å². The van der Waals surface area contributed by atoms with Crippen molar-refractivity contribution in [3.63, 3.8) is 0 Å². The zero-order valence-electron chi connectivity index (χ0n) is 12.4. The first-order chi connectivity index (χ1) is 9.19. The Kier molecular flexibility index (Phi) is 4.19. The van der Waals surface area contributed by atoms with E-state index in [1.165, 1.54) is 26.7 Å². The molecule has 112 valence electrons. The first kappa shape index (κ1) is 15.4. The van der Waals surface area contributed by atoms with Crippen LogP contribution in [-0.2, 0) is 12.8 Å². The zero-order valence-corrected chi connectivity index (χ0v) is 13.2. The van der Waals surface area contributed by atoms with Gasteiger partial charge >= 0.3 is 0 Å². The van der Waals surface area contributed by atoms with Crippen molar-refractivity contribution < 1.29 is 13.6 Å². The van der Waals surface area contributed by atoms with Crippen molar-refractivity contribution in [3.8, 4) is 0 Å². The third-order valence-corrected chi connectivity index (χ3v) is 5.08. The molecule has 1 heterocycles. The van der Waals surface area contributed by atoms with Crippen LogP contribution in [0.1, 0.15) is 47.3 Å². The average molecular weight is 301 g/mol. The Hall–Kier alpha value is -0.970. The van der Waals surface area contributed by atoms with E-state index in [1.807, 2.05) is 6.07 Å². The maximum atomic E-state index is 12.4. The lowest BCUT2D eigenvalue weighted by Gasteiger charge is -2.24. The van der Waals surface area contributed by atoms with E-state index in [0.717, 1.165) is 12.8 Å². The highest BCUT2D eigenvalue weighted by atomic mass is 32.1. The van der Waals surface area contributed by atoms with Crippen molar-refractivity contribution in [2.75, 3.05) is 7.05 Å². The summed E-state index contributed by atoms with van der Waals surface area (Å²) in [6.45, 7) is 6.10. The van der Waals surface area contributed by atoms with Gasteiger partial charge in [0.2, 0.25) is 6.43 Å². The van der Waals surface area contributed by atoms with E-state index in [1.54, 1.807) is 14.0 Å². The highest BCUT2D eigenvalue weighted by Crippen LogP contribution is 2.41. The Balaban J connectivity index is 2.08. The lowest BCUT2D eigenvalue weighted by Crippen LogP contribution is -2.35. The Morgan fingerprint density at radius 2 is 2.10 bits per heavy atom. The summed E-state index contributed by atoms with van der Waals surface area (Å²) in [5, 5.41) is 0. The van der Waals surface area contributed by atoms with Crippen LogP contribution in [0.15, 0.2) is 6.07 Å². The molecule has 0 spiro atoms. The topological polar surface area (TPSA) is 20.3 Å². The molecule has 1 amide bonds. The molecule has 2 rings (SSSR count). The minimum absolute atomic E-state index is 0.143. The maximum Gasteiger partial charge on any atom is 0.263 e. The monoisotopic (exact) mass is 301 g/mol. The number of alkyl halides is 2. The molecule has 0 N–H and O–H groups in total. The number of amides is 1. The van der Waals surface area contributed by atoms with E-state index in [-0.39, 0.29) is 17.7 Å². The van der Waals surface area contributed by atoms with E-state index < -0.39 is 12.5 Å². The normalized spacial score (nSPS) is 18.1. The molecule has 0 bridgehead atoms. The first-order valence-electron chi connectivity index (χ1n) is 6.86. The predicted octanol–water partition coefficient (Wildman–Crippen LogP) is 3.99. The molecular formula is C15H21F2NOS. The summed E-state index contributed by atoms with van der Waals surface area (Å²) in [5.74, 6) is -0.143. The smallest absolute Gasteiger partial charge is 0.263 e. The molecule has 1 unspecified atom stereocenters. The quantitative estimate of drug-likeness (QED) is 0.823. The number of halogens is 2. The molecule has 20 heavy (non-hydrogen) atoms. The van der Waals surface area contributed by atoms with Gasteiger partial charge in [-0.05, 0) is 36.8 Å². The molecule has 0 fully saturated rings. The van der Waals surface area contributed by atoms with Crippen molar-refractivity contribution in [2.24, 2.45) is 5.41 Å². The summed E-state index contributed by atoms with van der Waals surface area (Å²) >= 11 is 1.52. The molecule has 5 heteroatoms. The van der Waals surface area contributed by atoms with Crippen LogP contribution in [0, 0.1) is 5.41 Å². The Morgan fingerprint density at radius 1 is 1.45 bits per heavy atom. The average Bonchev–Trinajstić information content (AvgIpc) is 2.79. The van der Waals surface area contributed by atoms with Crippen LogP contribution in [0.25, 0.3) is 0 Å². The van der Waals surface area contributed by atoms with Gasteiger partial charge in [-0.2, -0.15) is 0 Å². The van der Waals surface area contributed by atoms with Crippen molar-refractivity contribution >= 4 is 17.2 Å². The molecule has 1 aliphatic rings. The third kappa shape index (κ3) is 3.19. The minimum atomic E-state index is -2.38.